The van der Waals surface area contributed by atoms with Crippen LogP contribution >= 0.6 is 27.3 Å². The van der Waals surface area contributed by atoms with Crippen LogP contribution in [0.1, 0.15) is 20.7 Å². The standard InChI is InChI=1S/C24H26N3O2P.C14H14ClN2P.C10H13NO2/c1-25(24(28)21-11-5-2-6-12-21)19-20-29-30-26(22-13-7-3-8-14-22)17-18-27(30)23-15-9-4-10-16-23;15-18-16(13-7-3-1-4-8-13)11-12-17(18)14-9-5-2-6-10-14;1-11(7-8-12)10(13)9-5-3-2-4-6-9/h2-16H,17-20H2,1H3;1-10H,11-12H2;2-6,12H,7-8H2,1H3. The molecule has 6 aromatic rings. The van der Waals surface area contributed by atoms with Gasteiger partial charge in [0.05, 0.1) is 13.2 Å². The molecule has 8 rings (SSSR count). The zero-order valence-electron chi connectivity index (χ0n) is 34.6. The molecule has 316 valence electrons. The molecule has 0 saturated carbocycles. The van der Waals surface area contributed by atoms with Crippen LogP contribution in [0.25, 0.3) is 0 Å². The van der Waals surface area contributed by atoms with E-state index in [1.165, 1.54) is 16.3 Å². The number of halogens is 1. The minimum absolute atomic E-state index is 0.00489. The van der Waals surface area contributed by atoms with Gasteiger partial charge in [-0.2, -0.15) is 0 Å². The van der Waals surface area contributed by atoms with Gasteiger partial charge in [-0.25, -0.2) is 0 Å². The Morgan fingerprint density at radius 1 is 0.508 bits per heavy atom. The maximum absolute atomic E-state index is 12.6. The van der Waals surface area contributed by atoms with Crippen molar-refractivity contribution in [2.75, 3.05) is 85.3 Å². The van der Waals surface area contributed by atoms with Crippen molar-refractivity contribution in [3.05, 3.63) is 193 Å². The van der Waals surface area contributed by atoms with Crippen LogP contribution in [0.5, 0.6) is 0 Å². The number of hydrogen-bond donors (Lipinski definition) is 1. The van der Waals surface area contributed by atoms with Crippen molar-refractivity contribution >= 4 is 61.8 Å². The lowest BCUT2D eigenvalue weighted by atomic mass is 10.2. The van der Waals surface area contributed by atoms with Crippen molar-refractivity contribution in [1.82, 2.24) is 9.80 Å². The first-order valence-corrected chi connectivity index (χ1v) is 23.6. The van der Waals surface area contributed by atoms with Gasteiger partial charge in [0, 0.05) is 87.2 Å². The molecule has 2 fully saturated rings. The van der Waals surface area contributed by atoms with Crippen molar-refractivity contribution in [2.24, 2.45) is 0 Å². The van der Waals surface area contributed by atoms with Crippen molar-refractivity contribution in [2.45, 2.75) is 0 Å². The highest BCUT2D eigenvalue weighted by Gasteiger charge is 2.35. The highest BCUT2D eigenvalue weighted by Crippen LogP contribution is 2.56. The molecular formula is C48H53ClN6O4P2. The minimum Gasteiger partial charge on any atom is -0.395 e. The Kier molecular flexibility index (Phi) is 17.4. The highest BCUT2D eigenvalue weighted by atomic mass is 35.7. The molecule has 0 bridgehead atoms. The van der Waals surface area contributed by atoms with Crippen LogP contribution in [0.4, 0.5) is 22.7 Å². The number of aliphatic hydroxyl groups excluding tert-OH is 1. The number of rotatable bonds is 12. The van der Waals surface area contributed by atoms with Crippen LogP contribution in [0, 0.1) is 0 Å². The third-order valence-electron chi connectivity index (χ3n) is 9.88. The fourth-order valence-electron chi connectivity index (χ4n) is 6.63. The molecule has 2 aliphatic rings. The summed E-state index contributed by atoms with van der Waals surface area (Å²) in [6.45, 7) is 5.16. The molecule has 10 nitrogen and oxygen atoms in total. The molecular weight excluding hydrogens is 822 g/mol. The van der Waals surface area contributed by atoms with E-state index in [0.717, 1.165) is 37.6 Å². The summed E-state index contributed by atoms with van der Waals surface area (Å²) in [5.41, 5.74) is 6.09. The minimum atomic E-state index is -1.00. The van der Waals surface area contributed by atoms with E-state index in [4.69, 9.17) is 20.9 Å². The van der Waals surface area contributed by atoms with E-state index in [0.29, 0.717) is 30.8 Å². The second-order valence-electron chi connectivity index (χ2n) is 14.1. The van der Waals surface area contributed by atoms with Gasteiger partial charge >= 0.3 is 0 Å². The number of hydrogen-bond acceptors (Lipinski definition) is 8. The number of anilines is 4. The largest absolute Gasteiger partial charge is 0.395 e. The van der Waals surface area contributed by atoms with E-state index in [2.05, 4.69) is 116 Å². The molecule has 13 heteroatoms. The first-order chi connectivity index (χ1) is 29.9. The monoisotopic (exact) mass is 874 g/mol. The van der Waals surface area contributed by atoms with Crippen LogP contribution in [0.2, 0.25) is 0 Å². The summed E-state index contributed by atoms with van der Waals surface area (Å²) in [6, 6.07) is 59.9. The molecule has 0 spiro atoms. The molecule has 1 N–H and O–H groups in total. The number of nitrogens with zero attached hydrogens (tertiary/aromatic N) is 6. The number of likely N-dealkylation sites (N-methyl/N-ethyl adjacent to an activating group) is 2. The highest BCUT2D eigenvalue weighted by molar-refractivity contribution is 7.86. The van der Waals surface area contributed by atoms with Crippen molar-refractivity contribution < 1.29 is 19.2 Å². The normalized spacial score (nSPS) is 13.8. The van der Waals surface area contributed by atoms with Crippen LogP contribution in [-0.4, -0.2) is 93.3 Å². The lowest BCUT2D eigenvalue weighted by Gasteiger charge is -2.31. The van der Waals surface area contributed by atoms with Crippen molar-refractivity contribution in [3.8, 4) is 0 Å². The average Bonchev–Trinajstić information content (AvgIpc) is 3.94. The number of para-hydroxylation sites is 4. The average molecular weight is 875 g/mol. The molecule has 2 heterocycles. The summed E-state index contributed by atoms with van der Waals surface area (Å²) in [7, 11) is 1.69. The van der Waals surface area contributed by atoms with Gasteiger partial charge in [0.1, 0.15) is 0 Å². The Bertz CT molecular complexity index is 2090. The summed E-state index contributed by atoms with van der Waals surface area (Å²) in [4.78, 5) is 27.4. The number of carbonyl (C=O) groups excluding carboxylic acids is 2. The summed E-state index contributed by atoms with van der Waals surface area (Å²) in [5.74, 6) is -0.0483. The molecule has 2 saturated heterocycles. The molecule has 0 atom stereocenters. The third-order valence-corrected chi connectivity index (χ3v) is 14.7. The predicted octanol–water partition coefficient (Wildman–Crippen LogP) is 10.3. The van der Waals surface area contributed by atoms with Crippen molar-refractivity contribution in [1.29, 1.82) is 0 Å². The summed E-state index contributed by atoms with van der Waals surface area (Å²) >= 11 is 6.63. The smallest absolute Gasteiger partial charge is 0.253 e. The Morgan fingerprint density at radius 2 is 0.803 bits per heavy atom. The summed E-state index contributed by atoms with van der Waals surface area (Å²) in [5, 5.41) is 8.64. The van der Waals surface area contributed by atoms with E-state index in [1.807, 2.05) is 79.8 Å². The first kappa shape index (κ1) is 45.1. The number of benzene rings is 6. The van der Waals surface area contributed by atoms with Gasteiger partial charge in [-0.15, -0.1) is 0 Å². The lowest BCUT2D eigenvalue weighted by molar-refractivity contribution is 0.0764. The topological polar surface area (TPSA) is 83.0 Å². The molecule has 0 aliphatic carbocycles. The van der Waals surface area contributed by atoms with E-state index < -0.39 is 16.0 Å². The Labute approximate surface area is 367 Å². The first-order valence-electron chi connectivity index (χ1n) is 20.3. The van der Waals surface area contributed by atoms with Gasteiger partial charge in [-0.3, -0.25) is 9.59 Å². The number of carbonyl (C=O) groups is 2. The van der Waals surface area contributed by atoms with Gasteiger partial charge in [0.15, 0.2) is 7.58 Å². The second kappa shape index (κ2) is 23.5. The molecule has 2 aliphatic heterocycles. The molecule has 2 amide bonds. The molecule has 6 aromatic carbocycles. The van der Waals surface area contributed by atoms with E-state index in [-0.39, 0.29) is 18.4 Å². The van der Waals surface area contributed by atoms with Crippen LogP contribution < -0.4 is 18.7 Å². The Hall–Kier alpha value is -5.47. The molecule has 0 radical (unpaired) electrons. The van der Waals surface area contributed by atoms with E-state index >= 15 is 0 Å². The fraction of sp³-hybridized carbons (Fsp3) is 0.208. The zero-order chi connectivity index (χ0) is 42.8. The summed E-state index contributed by atoms with van der Waals surface area (Å²) in [6.07, 6.45) is 0. The molecule has 0 unspecified atom stereocenters. The third kappa shape index (κ3) is 12.5. The maximum Gasteiger partial charge on any atom is 0.253 e. The second-order valence-corrected chi connectivity index (χ2v) is 18.2. The maximum atomic E-state index is 12.6. The van der Waals surface area contributed by atoms with E-state index in [1.54, 1.807) is 24.1 Å². The summed E-state index contributed by atoms with van der Waals surface area (Å²) < 4.78 is 15.6. The van der Waals surface area contributed by atoms with Crippen LogP contribution in [-0.2, 0) is 4.52 Å². The van der Waals surface area contributed by atoms with Gasteiger partial charge in [-0.05, 0) is 84.0 Å². The zero-order valence-corrected chi connectivity index (χ0v) is 37.1. The van der Waals surface area contributed by atoms with E-state index in [9.17, 15) is 9.59 Å². The predicted molar refractivity (Wildman–Crippen MR) is 255 cm³/mol. The Balaban J connectivity index is 0.000000170. The van der Waals surface area contributed by atoms with Gasteiger partial charge < -0.3 is 38.1 Å². The van der Waals surface area contributed by atoms with Crippen molar-refractivity contribution in [3.63, 3.8) is 0 Å². The number of aliphatic hydroxyl groups is 1. The van der Waals surface area contributed by atoms with Gasteiger partial charge in [0.25, 0.3) is 11.8 Å². The van der Waals surface area contributed by atoms with Gasteiger partial charge in [-0.1, -0.05) is 109 Å². The lowest BCUT2D eigenvalue weighted by Crippen LogP contribution is -2.30. The molecule has 0 aromatic heterocycles. The number of amides is 2. The van der Waals surface area contributed by atoms with Gasteiger partial charge in [0.2, 0.25) is 8.45 Å². The SMILES string of the molecule is CN(CCO)C(=O)c1ccccc1.CN(CCOP1N(c2ccccc2)CCN1c1ccccc1)C(=O)c1ccccc1.ClP1N(c2ccccc2)CCN1c1ccccc1. The fourth-order valence-corrected chi connectivity index (χ4v) is 11.0. The van der Waals surface area contributed by atoms with Crippen LogP contribution in [0.3, 0.4) is 0 Å². The quantitative estimate of drug-likeness (QED) is 0.122. The molecule has 61 heavy (non-hydrogen) atoms. The Morgan fingerprint density at radius 3 is 1.15 bits per heavy atom. The van der Waals surface area contributed by atoms with Crippen LogP contribution in [0.15, 0.2) is 182 Å².